The van der Waals surface area contributed by atoms with Crippen molar-refractivity contribution in [3.05, 3.63) is 29.2 Å². The van der Waals surface area contributed by atoms with Gasteiger partial charge in [-0.2, -0.15) is 16.8 Å². The van der Waals surface area contributed by atoms with Crippen molar-refractivity contribution in [3.63, 3.8) is 0 Å². The van der Waals surface area contributed by atoms with Crippen LogP contribution in [0.2, 0.25) is 0 Å². The minimum Gasteiger partial charge on any atom is -0.244 e. The largest absolute Gasteiger partial charge is 0.382 e. The Morgan fingerprint density at radius 2 is 2.07 bits per heavy atom. The second kappa shape index (κ2) is 3.86. The monoisotopic (exact) mass is 253 g/mol. The van der Waals surface area contributed by atoms with Crippen molar-refractivity contribution in [2.24, 2.45) is 4.52 Å². The van der Waals surface area contributed by atoms with E-state index in [1.807, 2.05) is 4.91 Å². The summed E-state index contributed by atoms with van der Waals surface area (Å²) in [5.74, 6) is 0. The first-order chi connectivity index (χ1) is 6.87. The highest BCUT2D eigenvalue weighted by Gasteiger charge is 2.23. The minimum absolute atomic E-state index is 0.400. The van der Waals surface area contributed by atoms with Gasteiger partial charge in [-0.25, -0.2) is 8.96 Å². The SMILES string of the molecule is [N-]=[N+]=NS(=O)(=O)OS(=O)(=O)n1ccnc1. The Bertz CT molecular complexity index is 579. The van der Waals surface area contributed by atoms with Crippen molar-refractivity contribution in [3.8, 4) is 0 Å². The number of nitrogens with zero attached hydrogens (tertiary/aromatic N) is 5. The van der Waals surface area contributed by atoms with Crippen LogP contribution in [0.4, 0.5) is 0 Å². The molecular weight excluding hydrogens is 250 g/mol. The van der Waals surface area contributed by atoms with Crippen LogP contribution in [0.5, 0.6) is 0 Å². The van der Waals surface area contributed by atoms with Crippen molar-refractivity contribution in [1.82, 2.24) is 8.96 Å². The Kier molecular flexibility index (Phi) is 2.95. The molecule has 0 aliphatic rings. The molecule has 15 heavy (non-hydrogen) atoms. The molecule has 0 N–H and O–H groups in total. The molecule has 1 heterocycles. The molecule has 0 atom stereocenters. The van der Waals surface area contributed by atoms with Crippen LogP contribution in [0.1, 0.15) is 0 Å². The van der Waals surface area contributed by atoms with Crippen molar-refractivity contribution < 1.29 is 20.5 Å². The van der Waals surface area contributed by atoms with Crippen molar-refractivity contribution in [2.75, 3.05) is 0 Å². The van der Waals surface area contributed by atoms with Gasteiger partial charge in [0.1, 0.15) is 6.33 Å². The first-order valence-electron chi connectivity index (χ1n) is 3.13. The number of imidazole rings is 1. The summed E-state index contributed by atoms with van der Waals surface area (Å²) in [4.78, 5) is 5.27. The highest BCUT2D eigenvalue weighted by atomic mass is 32.3. The smallest absolute Gasteiger partial charge is 0.244 e. The van der Waals surface area contributed by atoms with Crippen LogP contribution in [-0.4, -0.2) is 25.8 Å². The fourth-order valence-electron chi connectivity index (χ4n) is 0.581. The lowest BCUT2D eigenvalue weighted by atomic mass is 11.0. The topological polar surface area (TPSA) is 144 Å². The van der Waals surface area contributed by atoms with Gasteiger partial charge >= 0.3 is 20.6 Å². The molecular formula is C3H3N5O5S2. The summed E-state index contributed by atoms with van der Waals surface area (Å²) in [7, 11) is -9.44. The molecule has 0 saturated carbocycles. The molecule has 0 aliphatic carbocycles. The van der Waals surface area contributed by atoms with Crippen LogP contribution >= 0.6 is 0 Å². The molecule has 1 aromatic rings. The summed E-state index contributed by atoms with van der Waals surface area (Å²) in [5, 5.41) is 0. The van der Waals surface area contributed by atoms with Gasteiger partial charge in [-0.3, -0.25) is 0 Å². The normalized spacial score (nSPS) is 12.0. The number of hydrogen-bond donors (Lipinski definition) is 0. The summed E-state index contributed by atoms with van der Waals surface area (Å²) < 4.78 is 49.8. The molecule has 10 nitrogen and oxygen atoms in total. The maximum absolute atomic E-state index is 11.1. The first-order valence-corrected chi connectivity index (χ1v) is 5.86. The van der Waals surface area contributed by atoms with Crippen molar-refractivity contribution >= 4 is 20.6 Å². The molecule has 1 aromatic heterocycles. The highest BCUT2D eigenvalue weighted by Crippen LogP contribution is 2.06. The molecule has 0 spiro atoms. The van der Waals surface area contributed by atoms with Crippen LogP contribution in [0.25, 0.3) is 10.4 Å². The van der Waals surface area contributed by atoms with E-state index in [2.05, 4.69) is 13.1 Å². The predicted octanol–water partition coefficient (Wildman–Crippen LogP) is -0.452. The van der Waals surface area contributed by atoms with E-state index in [-0.39, 0.29) is 0 Å². The summed E-state index contributed by atoms with van der Waals surface area (Å²) in [6.07, 6.45) is 2.85. The predicted molar refractivity (Wildman–Crippen MR) is 45.7 cm³/mol. The molecule has 0 bridgehead atoms. The van der Waals surface area contributed by atoms with Crippen LogP contribution < -0.4 is 0 Å². The first kappa shape index (κ1) is 11.5. The lowest BCUT2D eigenvalue weighted by molar-refractivity contribution is 0.455. The number of hydrogen-bond acceptors (Lipinski definition) is 6. The highest BCUT2D eigenvalue weighted by molar-refractivity contribution is 7.98. The van der Waals surface area contributed by atoms with Gasteiger partial charge in [0, 0.05) is 17.3 Å². The lowest BCUT2D eigenvalue weighted by Crippen LogP contribution is -2.17. The molecule has 0 amide bonds. The van der Waals surface area contributed by atoms with E-state index in [1.54, 1.807) is 0 Å². The Morgan fingerprint density at radius 1 is 1.40 bits per heavy atom. The van der Waals surface area contributed by atoms with Gasteiger partial charge in [-0.15, -0.1) is 3.63 Å². The van der Waals surface area contributed by atoms with Crippen molar-refractivity contribution in [1.29, 1.82) is 0 Å². The van der Waals surface area contributed by atoms with Gasteiger partial charge in [0.15, 0.2) is 0 Å². The molecule has 0 radical (unpaired) electrons. The van der Waals surface area contributed by atoms with Gasteiger partial charge in [-0.05, 0) is 5.53 Å². The van der Waals surface area contributed by atoms with Gasteiger partial charge in [0.05, 0.1) is 4.52 Å². The minimum atomic E-state index is -4.84. The maximum Gasteiger partial charge on any atom is 0.382 e. The van der Waals surface area contributed by atoms with Crippen LogP contribution in [0, 0.1) is 0 Å². The van der Waals surface area contributed by atoms with E-state index in [4.69, 9.17) is 5.53 Å². The van der Waals surface area contributed by atoms with Crippen LogP contribution in [0.15, 0.2) is 23.2 Å². The van der Waals surface area contributed by atoms with Gasteiger partial charge in [-0.1, -0.05) is 0 Å². The third-order valence-corrected chi connectivity index (χ3v) is 3.43. The Morgan fingerprint density at radius 3 is 2.53 bits per heavy atom. The van der Waals surface area contributed by atoms with E-state index in [0.717, 1.165) is 18.7 Å². The molecule has 0 aromatic carbocycles. The summed E-state index contributed by atoms with van der Waals surface area (Å²) >= 11 is 0. The standard InChI is InChI=1S/C3H3N5O5S2/c4-6-7-14(9,10)13-15(11,12)8-2-1-5-3-8/h1-3H. The molecule has 0 aliphatic heterocycles. The van der Waals surface area contributed by atoms with E-state index >= 15 is 0 Å². The summed E-state index contributed by atoms with van der Waals surface area (Å²) in [5.41, 5.74) is 7.81. The zero-order valence-corrected chi connectivity index (χ0v) is 8.46. The van der Waals surface area contributed by atoms with Gasteiger partial charge in [0.2, 0.25) is 0 Å². The average Bonchev–Trinajstić information content (AvgIpc) is 2.52. The zero-order chi connectivity index (χ0) is 11.5. The van der Waals surface area contributed by atoms with E-state index in [0.29, 0.717) is 3.97 Å². The molecule has 0 saturated heterocycles. The van der Waals surface area contributed by atoms with Crippen LogP contribution in [-0.2, 0) is 24.2 Å². The third kappa shape index (κ3) is 2.92. The summed E-state index contributed by atoms with van der Waals surface area (Å²) in [6, 6.07) is 0. The zero-order valence-electron chi connectivity index (χ0n) is 6.83. The van der Waals surface area contributed by atoms with Crippen LogP contribution in [0.3, 0.4) is 0 Å². The fraction of sp³-hybridized carbons (Fsp3) is 0. The maximum atomic E-state index is 11.1. The molecule has 82 valence electrons. The van der Waals surface area contributed by atoms with E-state index in [9.17, 15) is 16.8 Å². The van der Waals surface area contributed by atoms with E-state index in [1.165, 1.54) is 0 Å². The molecule has 12 heteroatoms. The second-order valence-electron chi connectivity index (χ2n) is 2.02. The second-order valence-corrected chi connectivity index (χ2v) is 4.86. The number of rotatable bonds is 4. The van der Waals surface area contributed by atoms with Gasteiger partial charge < -0.3 is 0 Å². The Hall–Kier alpha value is -1.62. The van der Waals surface area contributed by atoms with Gasteiger partial charge in [0.25, 0.3) is 0 Å². The van der Waals surface area contributed by atoms with E-state index < -0.39 is 20.6 Å². The summed E-state index contributed by atoms with van der Waals surface area (Å²) in [6.45, 7) is 0. The fourth-order valence-corrected chi connectivity index (χ4v) is 2.30. The molecule has 1 rings (SSSR count). The molecule has 0 fully saturated rings. The third-order valence-electron chi connectivity index (χ3n) is 1.05. The number of azide groups is 1. The average molecular weight is 253 g/mol. The lowest BCUT2D eigenvalue weighted by Gasteiger charge is -2.01. The Labute approximate surface area is 84.3 Å². The molecule has 0 unspecified atom stereocenters. The quantitative estimate of drug-likeness (QED) is 0.403. The number of aromatic nitrogens is 2. The van der Waals surface area contributed by atoms with Crippen molar-refractivity contribution in [2.45, 2.75) is 0 Å². The Balaban J connectivity index is 3.08.